The number of fused-ring (bicyclic) bond motifs is 2. The van der Waals surface area contributed by atoms with Crippen LogP contribution in [-0.4, -0.2) is 18.0 Å². The largest absolute Gasteiger partial charge is 0.326 e. The SMILES string of the molecule is Cc1ccc(C)c(NC(=O)CC2CC3CCC(C2)N3)c1. The molecule has 2 N–H and O–H groups in total. The van der Waals surface area contributed by atoms with Crippen LogP contribution in [0.1, 0.15) is 43.2 Å². The van der Waals surface area contributed by atoms with Gasteiger partial charge in [-0.3, -0.25) is 4.79 Å². The lowest BCUT2D eigenvalue weighted by Crippen LogP contribution is -2.39. The minimum atomic E-state index is 0.171. The van der Waals surface area contributed by atoms with Gasteiger partial charge in [0.25, 0.3) is 0 Å². The summed E-state index contributed by atoms with van der Waals surface area (Å²) in [5, 5.41) is 6.72. The van der Waals surface area contributed by atoms with Crippen molar-refractivity contribution in [2.24, 2.45) is 5.92 Å². The Morgan fingerprint density at radius 2 is 1.95 bits per heavy atom. The Morgan fingerprint density at radius 3 is 2.65 bits per heavy atom. The van der Waals surface area contributed by atoms with Crippen molar-refractivity contribution < 1.29 is 4.79 Å². The lowest BCUT2D eigenvalue weighted by molar-refractivity contribution is -0.117. The number of piperidine rings is 1. The second-order valence-corrected chi connectivity index (χ2v) is 6.55. The number of benzene rings is 1. The van der Waals surface area contributed by atoms with Gasteiger partial charge in [-0.05, 0) is 62.6 Å². The van der Waals surface area contributed by atoms with Gasteiger partial charge in [0, 0.05) is 24.2 Å². The summed E-state index contributed by atoms with van der Waals surface area (Å²) in [4.78, 5) is 12.2. The third-order valence-electron chi connectivity index (χ3n) is 4.71. The monoisotopic (exact) mass is 272 g/mol. The van der Waals surface area contributed by atoms with Crippen LogP contribution in [-0.2, 0) is 4.79 Å². The van der Waals surface area contributed by atoms with Crippen LogP contribution in [0.2, 0.25) is 0 Å². The number of carbonyl (C=O) groups is 1. The maximum atomic E-state index is 12.2. The summed E-state index contributed by atoms with van der Waals surface area (Å²) in [5.74, 6) is 0.726. The maximum absolute atomic E-state index is 12.2. The molecule has 2 unspecified atom stereocenters. The second-order valence-electron chi connectivity index (χ2n) is 6.55. The summed E-state index contributed by atoms with van der Waals surface area (Å²) in [5.41, 5.74) is 3.28. The van der Waals surface area contributed by atoms with Crippen molar-refractivity contribution in [2.45, 2.75) is 58.0 Å². The molecule has 2 fully saturated rings. The van der Waals surface area contributed by atoms with Gasteiger partial charge < -0.3 is 10.6 Å². The molecule has 0 radical (unpaired) electrons. The molecule has 0 aliphatic carbocycles. The first kappa shape index (κ1) is 13.6. The van der Waals surface area contributed by atoms with Crippen LogP contribution in [0.25, 0.3) is 0 Å². The van der Waals surface area contributed by atoms with Crippen LogP contribution in [0.5, 0.6) is 0 Å². The highest BCUT2D eigenvalue weighted by atomic mass is 16.1. The highest BCUT2D eigenvalue weighted by Gasteiger charge is 2.34. The molecular weight excluding hydrogens is 248 g/mol. The number of anilines is 1. The van der Waals surface area contributed by atoms with E-state index in [1.54, 1.807) is 0 Å². The van der Waals surface area contributed by atoms with E-state index in [1.165, 1.54) is 18.4 Å². The molecule has 2 aliphatic rings. The van der Waals surface area contributed by atoms with Crippen LogP contribution in [0.3, 0.4) is 0 Å². The van der Waals surface area contributed by atoms with Crippen LogP contribution in [0, 0.1) is 19.8 Å². The quantitative estimate of drug-likeness (QED) is 0.887. The molecule has 2 aliphatic heterocycles. The van der Waals surface area contributed by atoms with Gasteiger partial charge in [0.2, 0.25) is 5.91 Å². The smallest absolute Gasteiger partial charge is 0.224 e. The first-order chi connectivity index (χ1) is 9.60. The minimum Gasteiger partial charge on any atom is -0.326 e. The van der Waals surface area contributed by atoms with Crippen LogP contribution in [0.4, 0.5) is 5.69 Å². The summed E-state index contributed by atoms with van der Waals surface area (Å²) < 4.78 is 0. The highest BCUT2D eigenvalue weighted by Crippen LogP contribution is 2.32. The van der Waals surface area contributed by atoms with Gasteiger partial charge in [0.15, 0.2) is 0 Å². The molecule has 2 bridgehead atoms. The fourth-order valence-electron chi connectivity index (χ4n) is 3.68. The van der Waals surface area contributed by atoms with E-state index in [-0.39, 0.29) is 5.91 Å². The van der Waals surface area contributed by atoms with Gasteiger partial charge in [-0.25, -0.2) is 0 Å². The zero-order valence-electron chi connectivity index (χ0n) is 12.4. The van der Waals surface area contributed by atoms with Crippen molar-refractivity contribution in [3.8, 4) is 0 Å². The molecule has 108 valence electrons. The number of aryl methyl sites for hydroxylation is 2. The van der Waals surface area contributed by atoms with Crippen molar-refractivity contribution in [3.05, 3.63) is 29.3 Å². The molecule has 2 heterocycles. The Balaban J connectivity index is 1.58. The van der Waals surface area contributed by atoms with Crippen LogP contribution >= 0.6 is 0 Å². The number of rotatable bonds is 3. The molecule has 1 aromatic rings. The van der Waals surface area contributed by atoms with E-state index in [2.05, 4.69) is 35.8 Å². The van der Waals surface area contributed by atoms with Crippen molar-refractivity contribution >= 4 is 11.6 Å². The number of carbonyl (C=O) groups excluding carboxylic acids is 1. The molecule has 2 saturated heterocycles. The third kappa shape index (κ3) is 3.04. The molecule has 1 aromatic carbocycles. The van der Waals surface area contributed by atoms with E-state index in [1.807, 2.05) is 6.92 Å². The summed E-state index contributed by atoms with van der Waals surface area (Å²) >= 11 is 0. The first-order valence-electron chi connectivity index (χ1n) is 7.73. The lowest BCUT2D eigenvalue weighted by atomic mass is 9.89. The first-order valence-corrected chi connectivity index (χ1v) is 7.73. The average Bonchev–Trinajstić information content (AvgIpc) is 2.73. The predicted octanol–water partition coefficient (Wildman–Crippen LogP) is 3.16. The van der Waals surface area contributed by atoms with E-state index < -0.39 is 0 Å². The molecule has 0 aromatic heterocycles. The van der Waals surface area contributed by atoms with Crippen LogP contribution in [0.15, 0.2) is 18.2 Å². The second kappa shape index (κ2) is 5.57. The summed E-state index contributed by atoms with van der Waals surface area (Å²) in [7, 11) is 0. The topological polar surface area (TPSA) is 41.1 Å². The summed E-state index contributed by atoms with van der Waals surface area (Å²) in [6, 6.07) is 7.52. The number of amides is 1. The Labute approximate surface area is 121 Å². The van der Waals surface area contributed by atoms with E-state index in [0.717, 1.165) is 24.1 Å². The highest BCUT2D eigenvalue weighted by molar-refractivity contribution is 5.91. The van der Waals surface area contributed by atoms with Gasteiger partial charge in [-0.15, -0.1) is 0 Å². The molecule has 20 heavy (non-hydrogen) atoms. The number of nitrogens with one attached hydrogen (secondary N) is 2. The lowest BCUT2D eigenvalue weighted by Gasteiger charge is -2.28. The zero-order chi connectivity index (χ0) is 14.1. The molecule has 1 amide bonds. The Morgan fingerprint density at radius 1 is 1.25 bits per heavy atom. The number of hydrogen-bond acceptors (Lipinski definition) is 2. The van der Waals surface area contributed by atoms with Crippen molar-refractivity contribution in [2.75, 3.05) is 5.32 Å². The molecule has 3 heteroatoms. The molecule has 0 spiro atoms. The van der Waals surface area contributed by atoms with E-state index in [9.17, 15) is 4.79 Å². The molecule has 2 atom stereocenters. The Kier molecular flexibility index (Phi) is 3.79. The third-order valence-corrected chi connectivity index (χ3v) is 4.71. The van der Waals surface area contributed by atoms with Gasteiger partial charge in [-0.1, -0.05) is 12.1 Å². The fraction of sp³-hybridized carbons (Fsp3) is 0.588. The Hall–Kier alpha value is -1.35. The van der Waals surface area contributed by atoms with E-state index >= 15 is 0 Å². The van der Waals surface area contributed by atoms with E-state index in [4.69, 9.17) is 0 Å². The van der Waals surface area contributed by atoms with Crippen molar-refractivity contribution in [3.63, 3.8) is 0 Å². The maximum Gasteiger partial charge on any atom is 0.224 e. The Bertz CT molecular complexity index is 500. The fourth-order valence-corrected chi connectivity index (χ4v) is 3.68. The summed E-state index contributed by atoms with van der Waals surface area (Å²) in [6.45, 7) is 4.10. The normalized spacial score (nSPS) is 28.4. The predicted molar refractivity (Wildman–Crippen MR) is 81.8 cm³/mol. The molecule has 0 saturated carbocycles. The van der Waals surface area contributed by atoms with Gasteiger partial charge in [0.05, 0.1) is 0 Å². The summed E-state index contributed by atoms with van der Waals surface area (Å²) in [6.07, 6.45) is 5.58. The van der Waals surface area contributed by atoms with Crippen molar-refractivity contribution in [1.29, 1.82) is 0 Å². The van der Waals surface area contributed by atoms with Crippen LogP contribution < -0.4 is 10.6 Å². The standard InChI is InChI=1S/C17H24N2O/c1-11-3-4-12(2)16(7-11)19-17(20)10-13-8-14-5-6-15(9-13)18-14/h3-4,7,13-15,18H,5-6,8-10H2,1-2H3,(H,19,20). The zero-order valence-corrected chi connectivity index (χ0v) is 12.4. The molecule has 3 rings (SSSR count). The van der Waals surface area contributed by atoms with Gasteiger partial charge in [0.1, 0.15) is 0 Å². The minimum absolute atomic E-state index is 0.171. The van der Waals surface area contributed by atoms with Gasteiger partial charge in [-0.2, -0.15) is 0 Å². The molecule has 3 nitrogen and oxygen atoms in total. The van der Waals surface area contributed by atoms with E-state index in [0.29, 0.717) is 24.4 Å². The molecular formula is C17H24N2O. The average molecular weight is 272 g/mol. The number of hydrogen-bond donors (Lipinski definition) is 2. The van der Waals surface area contributed by atoms with Crippen molar-refractivity contribution in [1.82, 2.24) is 5.32 Å². The van der Waals surface area contributed by atoms with Gasteiger partial charge >= 0.3 is 0 Å².